The first-order chi connectivity index (χ1) is 7.54. The SMILES string of the molecule is COc1cccc([C@@H](C)NC(C)C(=O)O)c1. The maximum Gasteiger partial charge on any atom is 0.320 e. The maximum atomic E-state index is 10.7. The van der Waals surface area contributed by atoms with Gasteiger partial charge in [-0.05, 0) is 31.5 Å². The highest BCUT2D eigenvalue weighted by Gasteiger charge is 2.14. The van der Waals surface area contributed by atoms with E-state index in [1.165, 1.54) is 0 Å². The van der Waals surface area contributed by atoms with Gasteiger partial charge in [-0.15, -0.1) is 0 Å². The topological polar surface area (TPSA) is 58.6 Å². The van der Waals surface area contributed by atoms with E-state index in [-0.39, 0.29) is 6.04 Å². The van der Waals surface area contributed by atoms with E-state index in [1.807, 2.05) is 31.2 Å². The lowest BCUT2D eigenvalue weighted by atomic mass is 10.1. The minimum absolute atomic E-state index is 0.0267. The van der Waals surface area contributed by atoms with Crippen LogP contribution in [0.3, 0.4) is 0 Å². The Labute approximate surface area is 95.2 Å². The summed E-state index contributed by atoms with van der Waals surface area (Å²) in [6.07, 6.45) is 0. The predicted molar refractivity (Wildman–Crippen MR) is 61.6 cm³/mol. The second-order valence-corrected chi connectivity index (χ2v) is 3.72. The number of aliphatic carboxylic acids is 1. The highest BCUT2D eigenvalue weighted by molar-refractivity contribution is 5.72. The summed E-state index contributed by atoms with van der Waals surface area (Å²) in [5.74, 6) is -0.0797. The zero-order valence-corrected chi connectivity index (χ0v) is 9.73. The molecule has 0 aliphatic rings. The summed E-state index contributed by atoms with van der Waals surface area (Å²) in [4.78, 5) is 10.7. The number of hydrogen-bond acceptors (Lipinski definition) is 3. The highest BCUT2D eigenvalue weighted by Crippen LogP contribution is 2.18. The fourth-order valence-corrected chi connectivity index (χ4v) is 1.45. The quantitative estimate of drug-likeness (QED) is 0.799. The van der Waals surface area contributed by atoms with Crippen LogP contribution >= 0.6 is 0 Å². The van der Waals surface area contributed by atoms with Crippen LogP contribution < -0.4 is 10.1 Å². The Morgan fingerprint density at radius 3 is 2.69 bits per heavy atom. The van der Waals surface area contributed by atoms with Gasteiger partial charge in [0, 0.05) is 6.04 Å². The van der Waals surface area contributed by atoms with Crippen molar-refractivity contribution in [2.75, 3.05) is 7.11 Å². The van der Waals surface area contributed by atoms with Crippen LogP contribution in [-0.4, -0.2) is 24.2 Å². The van der Waals surface area contributed by atoms with Crippen LogP contribution in [0, 0.1) is 0 Å². The van der Waals surface area contributed by atoms with Crippen molar-refractivity contribution in [2.45, 2.75) is 25.9 Å². The van der Waals surface area contributed by atoms with Gasteiger partial charge < -0.3 is 9.84 Å². The van der Waals surface area contributed by atoms with Gasteiger partial charge in [-0.25, -0.2) is 0 Å². The van der Waals surface area contributed by atoms with Gasteiger partial charge in [0.05, 0.1) is 7.11 Å². The van der Waals surface area contributed by atoms with Crippen LogP contribution in [0.4, 0.5) is 0 Å². The zero-order valence-electron chi connectivity index (χ0n) is 9.73. The van der Waals surface area contributed by atoms with Crippen LogP contribution in [0.5, 0.6) is 5.75 Å². The second-order valence-electron chi connectivity index (χ2n) is 3.72. The van der Waals surface area contributed by atoms with E-state index in [4.69, 9.17) is 9.84 Å². The molecule has 16 heavy (non-hydrogen) atoms. The number of nitrogens with one attached hydrogen (secondary N) is 1. The third-order valence-corrected chi connectivity index (χ3v) is 2.46. The van der Waals surface area contributed by atoms with Crippen molar-refractivity contribution < 1.29 is 14.6 Å². The number of carboxylic acid groups (broad SMARTS) is 1. The summed E-state index contributed by atoms with van der Waals surface area (Å²) in [6.45, 7) is 3.55. The van der Waals surface area contributed by atoms with Crippen molar-refractivity contribution in [3.8, 4) is 5.75 Å². The van der Waals surface area contributed by atoms with Crippen molar-refractivity contribution >= 4 is 5.97 Å². The lowest BCUT2D eigenvalue weighted by molar-refractivity contribution is -0.139. The zero-order chi connectivity index (χ0) is 12.1. The minimum Gasteiger partial charge on any atom is -0.497 e. The third kappa shape index (κ3) is 3.24. The molecule has 0 aromatic heterocycles. The Balaban J connectivity index is 2.72. The summed E-state index contributed by atoms with van der Waals surface area (Å²) in [5, 5.41) is 11.8. The summed E-state index contributed by atoms with van der Waals surface area (Å²) < 4.78 is 5.11. The molecular formula is C12H17NO3. The first-order valence-corrected chi connectivity index (χ1v) is 5.17. The van der Waals surface area contributed by atoms with Gasteiger partial charge in [-0.1, -0.05) is 12.1 Å². The number of ether oxygens (including phenoxy) is 1. The summed E-state index contributed by atoms with van der Waals surface area (Å²) >= 11 is 0. The first kappa shape index (κ1) is 12.5. The smallest absolute Gasteiger partial charge is 0.320 e. The summed E-state index contributed by atoms with van der Waals surface area (Å²) in [5.41, 5.74) is 1.01. The van der Waals surface area contributed by atoms with Crippen molar-refractivity contribution in [1.29, 1.82) is 0 Å². The molecule has 0 bridgehead atoms. The average molecular weight is 223 g/mol. The number of methoxy groups -OCH3 is 1. The third-order valence-electron chi connectivity index (χ3n) is 2.46. The molecule has 0 spiro atoms. The standard InChI is InChI=1S/C12H17NO3/c1-8(13-9(2)12(14)15)10-5-4-6-11(7-10)16-3/h4-9,13H,1-3H3,(H,14,15)/t8-,9?/m1/s1. The predicted octanol–water partition coefficient (Wildman–Crippen LogP) is 1.82. The second kappa shape index (κ2) is 5.51. The van der Waals surface area contributed by atoms with Crippen LogP contribution in [0.2, 0.25) is 0 Å². The molecule has 88 valence electrons. The van der Waals surface area contributed by atoms with E-state index in [0.717, 1.165) is 11.3 Å². The minimum atomic E-state index is -0.852. The van der Waals surface area contributed by atoms with E-state index in [1.54, 1.807) is 14.0 Å². The molecule has 0 heterocycles. The van der Waals surface area contributed by atoms with Crippen molar-refractivity contribution in [1.82, 2.24) is 5.32 Å². The fourth-order valence-electron chi connectivity index (χ4n) is 1.45. The Morgan fingerprint density at radius 2 is 2.12 bits per heavy atom. The lowest BCUT2D eigenvalue weighted by Gasteiger charge is -2.17. The fraction of sp³-hybridized carbons (Fsp3) is 0.417. The van der Waals surface area contributed by atoms with Gasteiger partial charge in [0.2, 0.25) is 0 Å². The van der Waals surface area contributed by atoms with Crippen molar-refractivity contribution in [2.24, 2.45) is 0 Å². The number of rotatable bonds is 5. The van der Waals surface area contributed by atoms with Gasteiger partial charge in [-0.2, -0.15) is 0 Å². The monoisotopic (exact) mass is 223 g/mol. The molecule has 2 atom stereocenters. The molecule has 0 radical (unpaired) electrons. The molecule has 4 heteroatoms. The number of benzene rings is 1. The van der Waals surface area contributed by atoms with Gasteiger partial charge >= 0.3 is 5.97 Å². The highest BCUT2D eigenvalue weighted by atomic mass is 16.5. The van der Waals surface area contributed by atoms with Crippen LogP contribution in [0.25, 0.3) is 0 Å². The molecule has 4 nitrogen and oxygen atoms in total. The molecule has 1 unspecified atom stereocenters. The Kier molecular flexibility index (Phi) is 4.31. The molecular weight excluding hydrogens is 206 g/mol. The summed E-state index contributed by atoms with van der Waals surface area (Å²) in [6, 6.07) is 6.98. The van der Waals surface area contributed by atoms with E-state index >= 15 is 0 Å². The van der Waals surface area contributed by atoms with Crippen molar-refractivity contribution in [3.63, 3.8) is 0 Å². The lowest BCUT2D eigenvalue weighted by Crippen LogP contribution is -2.35. The molecule has 2 N–H and O–H groups in total. The average Bonchev–Trinajstić information content (AvgIpc) is 2.28. The largest absolute Gasteiger partial charge is 0.497 e. The number of hydrogen-bond donors (Lipinski definition) is 2. The van der Waals surface area contributed by atoms with Crippen LogP contribution in [0.15, 0.2) is 24.3 Å². The molecule has 1 aromatic rings. The maximum absolute atomic E-state index is 10.7. The number of carboxylic acids is 1. The molecule has 0 amide bonds. The molecule has 0 saturated heterocycles. The molecule has 0 fully saturated rings. The Bertz CT molecular complexity index is 365. The summed E-state index contributed by atoms with van der Waals surface area (Å²) in [7, 11) is 1.61. The normalized spacial score (nSPS) is 14.2. The van der Waals surface area contributed by atoms with Gasteiger partial charge in [0.25, 0.3) is 0 Å². The Morgan fingerprint density at radius 1 is 1.44 bits per heavy atom. The molecule has 0 saturated carbocycles. The van der Waals surface area contributed by atoms with Crippen LogP contribution in [-0.2, 0) is 4.79 Å². The van der Waals surface area contributed by atoms with E-state index < -0.39 is 12.0 Å². The van der Waals surface area contributed by atoms with Gasteiger partial charge in [0.15, 0.2) is 0 Å². The van der Waals surface area contributed by atoms with Gasteiger partial charge in [-0.3, -0.25) is 10.1 Å². The van der Waals surface area contributed by atoms with Crippen molar-refractivity contribution in [3.05, 3.63) is 29.8 Å². The number of carbonyl (C=O) groups is 1. The first-order valence-electron chi connectivity index (χ1n) is 5.17. The van der Waals surface area contributed by atoms with E-state index in [2.05, 4.69) is 5.32 Å². The van der Waals surface area contributed by atoms with E-state index in [9.17, 15) is 4.79 Å². The molecule has 1 rings (SSSR count). The van der Waals surface area contributed by atoms with Crippen LogP contribution in [0.1, 0.15) is 25.5 Å². The molecule has 1 aromatic carbocycles. The Hall–Kier alpha value is -1.55. The molecule has 0 aliphatic heterocycles. The van der Waals surface area contributed by atoms with E-state index in [0.29, 0.717) is 0 Å². The van der Waals surface area contributed by atoms with Gasteiger partial charge in [0.1, 0.15) is 11.8 Å². The molecule has 0 aliphatic carbocycles.